The van der Waals surface area contributed by atoms with E-state index in [0.29, 0.717) is 11.7 Å². The first-order valence-electron chi connectivity index (χ1n) is 7.05. The maximum absolute atomic E-state index is 5.80. The molecule has 1 fully saturated rings. The van der Waals surface area contributed by atoms with Gasteiger partial charge >= 0.3 is 0 Å². The third kappa shape index (κ3) is 2.29. The number of aromatic amines is 1. The van der Waals surface area contributed by atoms with E-state index in [1.807, 2.05) is 31.2 Å². The van der Waals surface area contributed by atoms with Crippen molar-refractivity contribution in [3.63, 3.8) is 0 Å². The normalized spacial score (nSPS) is 14.5. The van der Waals surface area contributed by atoms with E-state index in [1.54, 1.807) is 0 Å². The van der Waals surface area contributed by atoms with E-state index in [4.69, 9.17) is 5.73 Å². The second-order valence-corrected chi connectivity index (χ2v) is 5.56. The number of anilines is 3. The van der Waals surface area contributed by atoms with Crippen LogP contribution in [0, 0.1) is 6.92 Å². The monoisotopic (exact) mass is 280 g/mol. The van der Waals surface area contributed by atoms with Crippen LogP contribution in [0.3, 0.4) is 0 Å². The Morgan fingerprint density at radius 3 is 2.90 bits per heavy atom. The molecule has 2 aromatic heterocycles. The molecule has 6 nitrogen and oxygen atoms in total. The molecule has 3 aromatic rings. The molecule has 4 rings (SSSR count). The molecule has 106 valence electrons. The predicted molar refractivity (Wildman–Crippen MR) is 82.5 cm³/mol. The van der Waals surface area contributed by atoms with Crippen LogP contribution in [0.25, 0.3) is 10.9 Å². The minimum absolute atomic E-state index is 0.258. The maximum atomic E-state index is 5.80. The molecule has 6 heteroatoms. The van der Waals surface area contributed by atoms with Crippen LogP contribution in [0.2, 0.25) is 0 Å². The SMILES string of the molecule is Cc1ccc2c(Nc3cc(C4CC4)[nH]n3)nc(N)nc2c1. The lowest BCUT2D eigenvalue weighted by molar-refractivity contribution is 0.966. The van der Waals surface area contributed by atoms with Gasteiger partial charge < -0.3 is 11.1 Å². The Labute approximate surface area is 121 Å². The zero-order valence-electron chi connectivity index (χ0n) is 11.7. The summed E-state index contributed by atoms with van der Waals surface area (Å²) in [5, 5.41) is 11.5. The van der Waals surface area contributed by atoms with Crippen molar-refractivity contribution in [1.82, 2.24) is 20.2 Å². The molecule has 1 aliphatic rings. The van der Waals surface area contributed by atoms with Crippen molar-refractivity contribution in [3.8, 4) is 0 Å². The highest BCUT2D eigenvalue weighted by atomic mass is 15.2. The average Bonchev–Trinajstić information content (AvgIpc) is 3.19. The Hall–Kier alpha value is -2.63. The number of aryl methyl sites for hydroxylation is 1. The van der Waals surface area contributed by atoms with Crippen molar-refractivity contribution in [3.05, 3.63) is 35.5 Å². The van der Waals surface area contributed by atoms with Gasteiger partial charge in [0.2, 0.25) is 5.95 Å². The van der Waals surface area contributed by atoms with Crippen molar-refractivity contribution in [2.75, 3.05) is 11.1 Å². The van der Waals surface area contributed by atoms with Gasteiger partial charge in [-0.2, -0.15) is 10.1 Å². The lowest BCUT2D eigenvalue weighted by Crippen LogP contribution is -2.01. The smallest absolute Gasteiger partial charge is 0.222 e. The van der Waals surface area contributed by atoms with Gasteiger partial charge in [-0.1, -0.05) is 6.07 Å². The fourth-order valence-corrected chi connectivity index (χ4v) is 2.48. The lowest BCUT2D eigenvalue weighted by Gasteiger charge is -2.07. The summed E-state index contributed by atoms with van der Waals surface area (Å²) in [4.78, 5) is 8.58. The lowest BCUT2D eigenvalue weighted by atomic mass is 10.1. The molecule has 1 saturated carbocycles. The van der Waals surface area contributed by atoms with E-state index in [2.05, 4.69) is 25.5 Å². The highest BCUT2D eigenvalue weighted by molar-refractivity contribution is 5.91. The fourth-order valence-electron chi connectivity index (χ4n) is 2.48. The molecule has 1 aromatic carbocycles. The number of nitrogens with zero attached hydrogens (tertiary/aromatic N) is 3. The van der Waals surface area contributed by atoms with Crippen molar-refractivity contribution < 1.29 is 0 Å². The number of nitrogen functional groups attached to an aromatic ring is 1. The second-order valence-electron chi connectivity index (χ2n) is 5.56. The molecule has 2 heterocycles. The molecule has 0 bridgehead atoms. The molecule has 1 aliphatic carbocycles. The minimum Gasteiger partial charge on any atom is -0.368 e. The summed E-state index contributed by atoms with van der Waals surface area (Å²) in [6.07, 6.45) is 2.48. The molecule has 0 atom stereocenters. The van der Waals surface area contributed by atoms with E-state index in [-0.39, 0.29) is 5.95 Å². The number of rotatable bonds is 3. The molecule has 0 saturated heterocycles. The molecular weight excluding hydrogens is 264 g/mol. The van der Waals surface area contributed by atoms with E-state index in [0.717, 1.165) is 22.3 Å². The van der Waals surface area contributed by atoms with Gasteiger partial charge in [0.1, 0.15) is 5.82 Å². The van der Waals surface area contributed by atoms with E-state index < -0.39 is 0 Å². The molecule has 0 aliphatic heterocycles. The summed E-state index contributed by atoms with van der Waals surface area (Å²) in [6, 6.07) is 8.07. The molecule has 0 radical (unpaired) electrons. The Morgan fingerprint density at radius 2 is 2.10 bits per heavy atom. The van der Waals surface area contributed by atoms with Gasteiger partial charge in [-0.05, 0) is 37.5 Å². The Bertz CT molecular complexity index is 813. The number of nitrogens with one attached hydrogen (secondary N) is 2. The molecule has 21 heavy (non-hydrogen) atoms. The molecular formula is C15H16N6. The summed E-state index contributed by atoms with van der Waals surface area (Å²) in [5.41, 5.74) is 8.96. The fraction of sp³-hybridized carbons (Fsp3) is 0.267. The maximum Gasteiger partial charge on any atom is 0.222 e. The zero-order chi connectivity index (χ0) is 14.4. The average molecular weight is 280 g/mol. The predicted octanol–water partition coefficient (Wildman–Crippen LogP) is 2.86. The van der Waals surface area contributed by atoms with Crippen molar-refractivity contribution in [1.29, 1.82) is 0 Å². The van der Waals surface area contributed by atoms with Crippen LogP contribution in [0.15, 0.2) is 24.3 Å². The van der Waals surface area contributed by atoms with Gasteiger partial charge in [0.15, 0.2) is 5.82 Å². The molecule has 4 N–H and O–H groups in total. The number of hydrogen-bond donors (Lipinski definition) is 3. The van der Waals surface area contributed by atoms with Gasteiger partial charge in [0.05, 0.1) is 5.52 Å². The standard InChI is InChI=1S/C15H16N6/c1-8-2-5-10-12(6-8)17-15(16)19-14(10)18-13-7-11(20-21-13)9-3-4-9/h2,5-7,9H,3-4H2,1H3,(H4,16,17,18,19,20,21). The minimum atomic E-state index is 0.258. The van der Waals surface area contributed by atoms with Gasteiger partial charge in [-0.3, -0.25) is 5.10 Å². The molecule has 0 amide bonds. The van der Waals surface area contributed by atoms with Gasteiger partial charge in [0, 0.05) is 23.1 Å². The number of nitrogens with two attached hydrogens (primary N) is 1. The summed E-state index contributed by atoms with van der Waals surface area (Å²) < 4.78 is 0. The molecule has 0 spiro atoms. The van der Waals surface area contributed by atoms with Crippen molar-refractivity contribution in [2.24, 2.45) is 0 Å². The van der Waals surface area contributed by atoms with Crippen LogP contribution in [-0.4, -0.2) is 20.2 Å². The van der Waals surface area contributed by atoms with Crippen LogP contribution in [0.5, 0.6) is 0 Å². The van der Waals surface area contributed by atoms with Crippen LogP contribution >= 0.6 is 0 Å². The van der Waals surface area contributed by atoms with Crippen molar-refractivity contribution >= 4 is 28.5 Å². The summed E-state index contributed by atoms with van der Waals surface area (Å²) in [7, 11) is 0. The molecule has 0 unspecified atom stereocenters. The number of benzene rings is 1. The topological polar surface area (TPSA) is 92.5 Å². The summed E-state index contributed by atoms with van der Waals surface area (Å²) >= 11 is 0. The summed E-state index contributed by atoms with van der Waals surface area (Å²) in [5.74, 6) is 2.35. The van der Waals surface area contributed by atoms with Gasteiger partial charge in [-0.25, -0.2) is 4.98 Å². The van der Waals surface area contributed by atoms with E-state index in [9.17, 15) is 0 Å². The third-order valence-corrected chi connectivity index (χ3v) is 3.73. The zero-order valence-corrected chi connectivity index (χ0v) is 11.7. The highest BCUT2D eigenvalue weighted by Gasteiger charge is 2.25. The third-order valence-electron chi connectivity index (χ3n) is 3.73. The first kappa shape index (κ1) is 12.1. The van der Waals surface area contributed by atoms with Crippen LogP contribution in [0.4, 0.5) is 17.6 Å². The number of hydrogen-bond acceptors (Lipinski definition) is 5. The van der Waals surface area contributed by atoms with Crippen LogP contribution in [0.1, 0.15) is 30.0 Å². The van der Waals surface area contributed by atoms with E-state index in [1.165, 1.54) is 18.5 Å². The van der Waals surface area contributed by atoms with Crippen LogP contribution in [-0.2, 0) is 0 Å². The number of aromatic nitrogens is 4. The quantitative estimate of drug-likeness (QED) is 0.686. The number of fused-ring (bicyclic) bond motifs is 1. The first-order valence-corrected chi connectivity index (χ1v) is 7.05. The highest BCUT2D eigenvalue weighted by Crippen LogP contribution is 2.39. The van der Waals surface area contributed by atoms with Gasteiger partial charge in [0.25, 0.3) is 0 Å². The van der Waals surface area contributed by atoms with Crippen molar-refractivity contribution in [2.45, 2.75) is 25.7 Å². The second kappa shape index (κ2) is 4.44. The Balaban J connectivity index is 1.74. The Kier molecular flexibility index (Phi) is 2.57. The van der Waals surface area contributed by atoms with Gasteiger partial charge in [-0.15, -0.1) is 0 Å². The Morgan fingerprint density at radius 1 is 1.24 bits per heavy atom. The first-order chi connectivity index (χ1) is 10.2. The summed E-state index contributed by atoms with van der Waals surface area (Å²) in [6.45, 7) is 2.03. The van der Waals surface area contributed by atoms with E-state index >= 15 is 0 Å². The number of H-pyrrole nitrogens is 1. The largest absolute Gasteiger partial charge is 0.368 e. The van der Waals surface area contributed by atoms with Crippen LogP contribution < -0.4 is 11.1 Å².